The van der Waals surface area contributed by atoms with Crippen molar-refractivity contribution in [1.29, 1.82) is 0 Å². The molecule has 1 aliphatic heterocycles. The fourth-order valence-corrected chi connectivity index (χ4v) is 4.44. The van der Waals surface area contributed by atoms with Crippen molar-refractivity contribution in [3.05, 3.63) is 70.9 Å². The number of aryl methyl sites for hydroxylation is 1. The van der Waals surface area contributed by atoms with Crippen LogP contribution in [0.25, 0.3) is 5.69 Å². The number of nitrogens with zero attached hydrogens (tertiary/aromatic N) is 2. The third-order valence-electron chi connectivity index (χ3n) is 4.58. The van der Waals surface area contributed by atoms with E-state index < -0.39 is 10.8 Å². The Balaban J connectivity index is 1.76. The van der Waals surface area contributed by atoms with E-state index in [1.165, 1.54) is 0 Å². The molecule has 1 N–H and O–H groups in total. The van der Waals surface area contributed by atoms with Crippen molar-refractivity contribution >= 4 is 22.5 Å². The molecule has 0 fully saturated rings. The highest BCUT2D eigenvalue weighted by Gasteiger charge is 2.28. The van der Waals surface area contributed by atoms with Crippen molar-refractivity contribution in [2.75, 3.05) is 12.4 Å². The van der Waals surface area contributed by atoms with Gasteiger partial charge >= 0.3 is 0 Å². The van der Waals surface area contributed by atoms with Gasteiger partial charge < -0.3 is 10.1 Å². The lowest BCUT2D eigenvalue weighted by molar-refractivity contribution is 0.102. The summed E-state index contributed by atoms with van der Waals surface area (Å²) in [5.41, 5.74) is 4.03. The molecule has 0 saturated heterocycles. The summed E-state index contributed by atoms with van der Waals surface area (Å²) >= 11 is 0. The molecular formula is C20H19N3O3S. The summed E-state index contributed by atoms with van der Waals surface area (Å²) in [6.45, 7) is 1.99. The maximum absolute atomic E-state index is 12.8. The standard InChI is InChI=1S/C20H19N3O3S/c1-13-6-3-4-9-18(13)23-19(16-11-27(25)12-17(16)22-23)21-20(24)14-7-5-8-15(10-14)26-2/h3-10H,11-12H2,1-2H3,(H,21,24). The molecular weight excluding hydrogens is 362 g/mol. The Labute approximate surface area is 159 Å². The summed E-state index contributed by atoms with van der Waals surface area (Å²) in [6.07, 6.45) is 0. The molecule has 27 heavy (non-hydrogen) atoms. The minimum absolute atomic E-state index is 0.260. The highest BCUT2D eigenvalue weighted by atomic mass is 32.2. The summed E-state index contributed by atoms with van der Waals surface area (Å²) in [5, 5.41) is 7.61. The van der Waals surface area contributed by atoms with Gasteiger partial charge in [-0.15, -0.1) is 0 Å². The summed E-state index contributed by atoms with van der Waals surface area (Å²) in [6, 6.07) is 14.8. The van der Waals surface area contributed by atoms with E-state index in [4.69, 9.17) is 4.74 Å². The van der Waals surface area contributed by atoms with Gasteiger partial charge in [0.1, 0.15) is 11.6 Å². The minimum atomic E-state index is -0.980. The number of aromatic nitrogens is 2. The highest BCUT2D eigenvalue weighted by Crippen LogP contribution is 2.32. The molecule has 1 unspecified atom stereocenters. The number of methoxy groups -OCH3 is 1. The zero-order chi connectivity index (χ0) is 19.0. The van der Waals surface area contributed by atoms with Crippen molar-refractivity contribution in [2.24, 2.45) is 0 Å². The van der Waals surface area contributed by atoms with E-state index in [1.54, 1.807) is 36.1 Å². The fraction of sp³-hybridized carbons (Fsp3) is 0.200. The number of carbonyl (C=O) groups is 1. The average Bonchev–Trinajstić information content (AvgIpc) is 3.19. The normalized spacial score (nSPS) is 15.4. The SMILES string of the molecule is COc1cccc(C(=O)Nc2c3c(nn2-c2ccccc2C)CS(=O)C3)c1. The molecule has 6 nitrogen and oxygen atoms in total. The predicted octanol–water partition coefficient (Wildman–Crippen LogP) is 3.20. The molecule has 1 atom stereocenters. The molecule has 3 aromatic rings. The van der Waals surface area contributed by atoms with Crippen LogP contribution in [0, 0.1) is 6.92 Å². The number of nitrogens with one attached hydrogen (secondary N) is 1. The van der Waals surface area contributed by atoms with Crippen LogP contribution in [0.2, 0.25) is 0 Å². The van der Waals surface area contributed by atoms with Crippen LogP contribution in [0.1, 0.15) is 27.2 Å². The molecule has 0 aliphatic carbocycles. The lowest BCUT2D eigenvalue weighted by Gasteiger charge is -2.13. The van der Waals surface area contributed by atoms with E-state index in [1.807, 2.05) is 31.2 Å². The van der Waals surface area contributed by atoms with Crippen LogP contribution in [0.15, 0.2) is 48.5 Å². The number of ether oxygens (including phenoxy) is 1. The molecule has 0 radical (unpaired) electrons. The quantitative estimate of drug-likeness (QED) is 0.753. The minimum Gasteiger partial charge on any atom is -0.497 e. The second kappa shape index (κ2) is 7.00. The van der Waals surface area contributed by atoms with Crippen LogP contribution in [0.3, 0.4) is 0 Å². The molecule has 0 saturated carbocycles. The van der Waals surface area contributed by atoms with Crippen LogP contribution < -0.4 is 10.1 Å². The van der Waals surface area contributed by atoms with Gasteiger partial charge in [0, 0.05) is 21.9 Å². The lowest BCUT2D eigenvalue weighted by atomic mass is 10.2. The van der Waals surface area contributed by atoms with Crippen molar-refractivity contribution < 1.29 is 13.7 Å². The number of hydrogen-bond donors (Lipinski definition) is 1. The number of amides is 1. The second-order valence-electron chi connectivity index (χ2n) is 6.39. The third kappa shape index (κ3) is 3.26. The smallest absolute Gasteiger partial charge is 0.256 e. The number of benzene rings is 2. The predicted molar refractivity (Wildman–Crippen MR) is 105 cm³/mol. The highest BCUT2D eigenvalue weighted by molar-refractivity contribution is 7.83. The van der Waals surface area contributed by atoms with Crippen LogP contribution in [-0.2, 0) is 22.3 Å². The van der Waals surface area contributed by atoms with Gasteiger partial charge in [-0.2, -0.15) is 5.10 Å². The van der Waals surface area contributed by atoms with Gasteiger partial charge in [0.2, 0.25) is 0 Å². The Morgan fingerprint density at radius 1 is 1.19 bits per heavy atom. The Kier molecular flexibility index (Phi) is 4.53. The van der Waals surface area contributed by atoms with E-state index in [0.29, 0.717) is 28.6 Å². The number of carbonyl (C=O) groups excluding carboxylic acids is 1. The molecule has 7 heteroatoms. The molecule has 0 bridgehead atoms. The number of para-hydroxylation sites is 1. The second-order valence-corrected chi connectivity index (χ2v) is 7.84. The molecule has 1 aromatic heterocycles. The van der Waals surface area contributed by atoms with E-state index in [0.717, 1.165) is 22.5 Å². The first kappa shape index (κ1) is 17.5. The Morgan fingerprint density at radius 3 is 2.78 bits per heavy atom. The van der Waals surface area contributed by atoms with Gasteiger partial charge in [-0.05, 0) is 36.8 Å². The van der Waals surface area contributed by atoms with Gasteiger partial charge in [0.05, 0.1) is 30.0 Å². The monoisotopic (exact) mass is 381 g/mol. The molecule has 2 heterocycles. The van der Waals surface area contributed by atoms with Crippen LogP contribution in [-0.4, -0.2) is 27.0 Å². The van der Waals surface area contributed by atoms with Gasteiger partial charge in [-0.25, -0.2) is 4.68 Å². The Morgan fingerprint density at radius 2 is 2.00 bits per heavy atom. The summed E-state index contributed by atoms with van der Waals surface area (Å²) in [4.78, 5) is 12.8. The first-order valence-electron chi connectivity index (χ1n) is 8.54. The van der Waals surface area contributed by atoms with E-state index in [9.17, 15) is 9.00 Å². The van der Waals surface area contributed by atoms with Crippen LogP contribution >= 0.6 is 0 Å². The van der Waals surface area contributed by atoms with Gasteiger partial charge in [-0.1, -0.05) is 24.3 Å². The average molecular weight is 381 g/mol. The molecule has 1 amide bonds. The van der Waals surface area contributed by atoms with E-state index in [-0.39, 0.29) is 5.91 Å². The maximum atomic E-state index is 12.8. The van der Waals surface area contributed by atoms with Gasteiger partial charge in [-0.3, -0.25) is 9.00 Å². The van der Waals surface area contributed by atoms with Crippen molar-refractivity contribution in [2.45, 2.75) is 18.4 Å². The summed E-state index contributed by atoms with van der Waals surface area (Å²) in [7, 11) is 0.582. The molecule has 4 rings (SSSR count). The van der Waals surface area contributed by atoms with E-state index in [2.05, 4.69) is 10.4 Å². The zero-order valence-corrected chi connectivity index (χ0v) is 15.9. The largest absolute Gasteiger partial charge is 0.497 e. The Bertz CT molecular complexity index is 1060. The number of anilines is 1. The van der Waals surface area contributed by atoms with Crippen molar-refractivity contribution in [3.8, 4) is 11.4 Å². The Hall–Kier alpha value is -2.93. The van der Waals surface area contributed by atoms with Crippen LogP contribution in [0.4, 0.5) is 5.82 Å². The van der Waals surface area contributed by atoms with Crippen molar-refractivity contribution in [3.63, 3.8) is 0 Å². The fourth-order valence-electron chi connectivity index (χ4n) is 3.18. The number of hydrogen-bond acceptors (Lipinski definition) is 4. The van der Waals surface area contributed by atoms with E-state index >= 15 is 0 Å². The first-order valence-corrected chi connectivity index (χ1v) is 10.0. The number of fused-ring (bicyclic) bond motifs is 1. The molecule has 2 aromatic carbocycles. The summed E-state index contributed by atoms with van der Waals surface area (Å²) in [5.74, 6) is 1.74. The van der Waals surface area contributed by atoms with Gasteiger partial charge in [0.15, 0.2) is 0 Å². The molecule has 0 spiro atoms. The topological polar surface area (TPSA) is 73.2 Å². The third-order valence-corrected chi connectivity index (χ3v) is 5.78. The molecule has 138 valence electrons. The molecule has 1 aliphatic rings. The maximum Gasteiger partial charge on any atom is 0.256 e. The van der Waals surface area contributed by atoms with Crippen molar-refractivity contribution in [1.82, 2.24) is 9.78 Å². The number of rotatable bonds is 4. The lowest BCUT2D eigenvalue weighted by Crippen LogP contribution is -2.17. The zero-order valence-electron chi connectivity index (χ0n) is 15.1. The van der Waals surface area contributed by atoms with Crippen LogP contribution in [0.5, 0.6) is 5.75 Å². The van der Waals surface area contributed by atoms with Gasteiger partial charge in [0.25, 0.3) is 5.91 Å². The summed E-state index contributed by atoms with van der Waals surface area (Å²) < 4.78 is 18.9. The first-order chi connectivity index (χ1) is 13.1.